The van der Waals surface area contributed by atoms with E-state index in [1.165, 1.54) is 26.4 Å². The van der Waals surface area contributed by atoms with Crippen molar-refractivity contribution in [3.63, 3.8) is 0 Å². The normalized spacial score (nSPS) is 16.1. The fraction of sp³-hybridized carbons (Fsp3) is 0.611. The number of unbranched alkanes of at least 4 members (excludes halogenated alkanes) is 2. The molecule has 0 bridgehead atoms. The Morgan fingerprint density at radius 3 is 2.71 bits per heavy atom. The van der Waals surface area contributed by atoms with Crippen LogP contribution in [0.5, 0.6) is 5.75 Å². The van der Waals surface area contributed by atoms with Crippen LogP contribution in [-0.2, 0) is 0 Å². The molecule has 3 N–H and O–H groups in total. The first-order valence-corrected chi connectivity index (χ1v) is 9.09. The Bertz CT molecular complexity index is 557. The molecule has 0 atom stereocenters. The summed E-state index contributed by atoms with van der Waals surface area (Å²) in [4.78, 5) is 15.0. The number of amides is 1. The highest BCUT2D eigenvalue weighted by molar-refractivity contribution is 6.33. The number of halogens is 1. The molecule has 2 rings (SSSR count). The molecule has 1 fully saturated rings. The van der Waals surface area contributed by atoms with Gasteiger partial charge in [0, 0.05) is 25.2 Å². The quantitative estimate of drug-likeness (QED) is 0.583. The summed E-state index contributed by atoms with van der Waals surface area (Å²) >= 11 is 6.04. The highest BCUT2D eigenvalue weighted by Gasteiger charge is 2.22. The summed E-state index contributed by atoms with van der Waals surface area (Å²) in [5, 5.41) is 3.47. The first-order chi connectivity index (χ1) is 11.5. The van der Waals surface area contributed by atoms with Crippen molar-refractivity contribution in [1.29, 1.82) is 0 Å². The van der Waals surface area contributed by atoms with Crippen LogP contribution < -0.4 is 15.8 Å². The van der Waals surface area contributed by atoms with E-state index in [2.05, 4.69) is 17.1 Å². The van der Waals surface area contributed by atoms with Gasteiger partial charge in [0.1, 0.15) is 5.75 Å². The summed E-state index contributed by atoms with van der Waals surface area (Å²) in [6.45, 7) is 5.46. The summed E-state index contributed by atoms with van der Waals surface area (Å²) in [5.74, 6) is 0.296. The lowest BCUT2D eigenvalue weighted by Crippen LogP contribution is -2.44. The molecular formula is C18H28ClN3O2. The summed E-state index contributed by atoms with van der Waals surface area (Å²) < 4.78 is 5.26. The van der Waals surface area contributed by atoms with Crippen LogP contribution in [-0.4, -0.2) is 43.6 Å². The molecule has 0 unspecified atom stereocenters. The number of hydrogen-bond acceptors (Lipinski definition) is 4. The molecule has 1 heterocycles. The molecule has 134 valence electrons. The standard InChI is InChI=1S/C18H28ClN3O2/c1-3-4-5-8-22-9-6-13(7-10-22)21-18(23)14-11-15(19)16(20)12-17(14)24-2/h11-13H,3-10,20H2,1-2H3,(H,21,23). The van der Waals surface area contributed by atoms with Crippen LogP contribution in [0.15, 0.2) is 12.1 Å². The third-order valence-corrected chi connectivity index (χ3v) is 4.89. The SMILES string of the molecule is CCCCCN1CCC(NC(=O)c2cc(Cl)c(N)cc2OC)CC1. The zero-order chi connectivity index (χ0) is 17.5. The fourth-order valence-electron chi connectivity index (χ4n) is 3.06. The van der Waals surface area contributed by atoms with E-state index in [0.29, 0.717) is 22.0 Å². The highest BCUT2D eigenvalue weighted by atomic mass is 35.5. The predicted molar refractivity (Wildman–Crippen MR) is 98.9 cm³/mol. The Kier molecular flexibility index (Phi) is 7.18. The molecule has 5 nitrogen and oxygen atoms in total. The van der Waals surface area contributed by atoms with Gasteiger partial charge >= 0.3 is 0 Å². The molecule has 1 aliphatic rings. The Hall–Kier alpha value is -1.46. The summed E-state index contributed by atoms with van der Waals surface area (Å²) in [7, 11) is 1.52. The van der Waals surface area contributed by atoms with E-state index in [1.54, 1.807) is 12.1 Å². The number of hydrogen-bond donors (Lipinski definition) is 2. The monoisotopic (exact) mass is 353 g/mol. The van der Waals surface area contributed by atoms with Crippen LogP contribution in [0.3, 0.4) is 0 Å². The number of carbonyl (C=O) groups excluding carboxylic acids is 1. The molecule has 0 saturated carbocycles. The van der Waals surface area contributed by atoms with Crippen molar-refractivity contribution in [3.05, 3.63) is 22.7 Å². The van der Waals surface area contributed by atoms with Crippen molar-refractivity contribution in [2.24, 2.45) is 0 Å². The molecule has 0 aliphatic carbocycles. The number of piperidine rings is 1. The van der Waals surface area contributed by atoms with Crippen molar-refractivity contribution >= 4 is 23.2 Å². The van der Waals surface area contributed by atoms with Crippen LogP contribution in [0.25, 0.3) is 0 Å². The maximum absolute atomic E-state index is 12.5. The van der Waals surface area contributed by atoms with Gasteiger partial charge in [-0.2, -0.15) is 0 Å². The van der Waals surface area contributed by atoms with E-state index in [4.69, 9.17) is 22.1 Å². The predicted octanol–water partition coefficient (Wildman–Crippen LogP) is 3.32. The molecule has 1 aromatic carbocycles. The topological polar surface area (TPSA) is 67.6 Å². The van der Waals surface area contributed by atoms with Crippen LogP contribution in [0.4, 0.5) is 5.69 Å². The molecule has 1 aromatic rings. The van der Waals surface area contributed by atoms with Gasteiger partial charge in [-0.3, -0.25) is 4.79 Å². The van der Waals surface area contributed by atoms with Gasteiger partial charge < -0.3 is 20.7 Å². The van der Waals surface area contributed by atoms with E-state index in [0.717, 1.165) is 32.5 Å². The molecule has 1 saturated heterocycles. The minimum atomic E-state index is -0.154. The molecule has 1 amide bonds. The van der Waals surface area contributed by atoms with Crippen LogP contribution in [0.2, 0.25) is 5.02 Å². The van der Waals surface area contributed by atoms with Crippen molar-refractivity contribution in [1.82, 2.24) is 10.2 Å². The van der Waals surface area contributed by atoms with Gasteiger partial charge in [0.05, 0.1) is 23.4 Å². The Morgan fingerprint density at radius 2 is 2.08 bits per heavy atom. The number of carbonyl (C=O) groups is 1. The maximum atomic E-state index is 12.5. The molecule has 0 spiro atoms. The second kappa shape index (κ2) is 9.14. The average Bonchev–Trinajstić information content (AvgIpc) is 2.58. The smallest absolute Gasteiger partial charge is 0.255 e. The summed E-state index contributed by atoms with van der Waals surface area (Å²) in [6.07, 6.45) is 5.74. The Balaban J connectivity index is 1.89. The number of anilines is 1. The molecular weight excluding hydrogens is 326 g/mol. The van der Waals surface area contributed by atoms with Crippen molar-refractivity contribution in [3.8, 4) is 5.75 Å². The first-order valence-electron chi connectivity index (χ1n) is 8.71. The number of rotatable bonds is 7. The highest BCUT2D eigenvalue weighted by Crippen LogP contribution is 2.29. The van der Waals surface area contributed by atoms with Crippen LogP contribution >= 0.6 is 11.6 Å². The van der Waals surface area contributed by atoms with Gasteiger partial charge in [-0.1, -0.05) is 31.4 Å². The first kappa shape index (κ1) is 18.9. The number of nitrogens with zero attached hydrogens (tertiary/aromatic N) is 1. The number of nitrogens with two attached hydrogens (primary N) is 1. The Labute approximate surface area is 149 Å². The number of nitrogens with one attached hydrogen (secondary N) is 1. The third-order valence-electron chi connectivity index (χ3n) is 4.56. The average molecular weight is 354 g/mol. The second-order valence-electron chi connectivity index (χ2n) is 6.37. The van der Waals surface area contributed by atoms with E-state index < -0.39 is 0 Å². The van der Waals surface area contributed by atoms with E-state index in [-0.39, 0.29) is 11.9 Å². The molecule has 0 radical (unpaired) electrons. The lowest BCUT2D eigenvalue weighted by Gasteiger charge is -2.32. The second-order valence-corrected chi connectivity index (χ2v) is 6.78. The fourth-order valence-corrected chi connectivity index (χ4v) is 3.23. The third kappa shape index (κ3) is 5.02. The van der Waals surface area contributed by atoms with Gasteiger partial charge in [0.2, 0.25) is 0 Å². The minimum absolute atomic E-state index is 0.154. The maximum Gasteiger partial charge on any atom is 0.255 e. The van der Waals surface area contributed by atoms with Crippen LogP contribution in [0, 0.1) is 0 Å². The lowest BCUT2D eigenvalue weighted by molar-refractivity contribution is 0.0907. The molecule has 1 aliphatic heterocycles. The van der Waals surface area contributed by atoms with Crippen molar-refractivity contribution in [2.45, 2.75) is 45.1 Å². The van der Waals surface area contributed by atoms with E-state index in [9.17, 15) is 4.79 Å². The summed E-state index contributed by atoms with van der Waals surface area (Å²) in [5.41, 5.74) is 6.61. The zero-order valence-corrected chi connectivity index (χ0v) is 15.4. The van der Waals surface area contributed by atoms with E-state index >= 15 is 0 Å². The number of nitrogen functional groups attached to an aromatic ring is 1. The van der Waals surface area contributed by atoms with Crippen LogP contribution in [0.1, 0.15) is 49.4 Å². The van der Waals surface area contributed by atoms with Gasteiger partial charge in [-0.15, -0.1) is 0 Å². The van der Waals surface area contributed by atoms with Crippen molar-refractivity contribution in [2.75, 3.05) is 32.5 Å². The minimum Gasteiger partial charge on any atom is -0.496 e. The molecule has 24 heavy (non-hydrogen) atoms. The number of methoxy groups -OCH3 is 1. The van der Waals surface area contributed by atoms with Gasteiger partial charge in [-0.05, 0) is 31.9 Å². The zero-order valence-electron chi connectivity index (χ0n) is 14.6. The Morgan fingerprint density at radius 1 is 1.38 bits per heavy atom. The summed E-state index contributed by atoms with van der Waals surface area (Å²) in [6, 6.07) is 3.36. The number of benzene rings is 1. The molecule has 0 aromatic heterocycles. The molecule has 6 heteroatoms. The van der Waals surface area contributed by atoms with Crippen molar-refractivity contribution < 1.29 is 9.53 Å². The number of likely N-dealkylation sites (tertiary alicyclic amines) is 1. The largest absolute Gasteiger partial charge is 0.496 e. The van der Waals surface area contributed by atoms with Gasteiger partial charge in [0.15, 0.2) is 0 Å². The number of ether oxygens (including phenoxy) is 1. The lowest BCUT2D eigenvalue weighted by atomic mass is 10.0. The van der Waals surface area contributed by atoms with Gasteiger partial charge in [-0.25, -0.2) is 0 Å². The van der Waals surface area contributed by atoms with Gasteiger partial charge in [0.25, 0.3) is 5.91 Å². The van der Waals surface area contributed by atoms with E-state index in [1.807, 2.05) is 0 Å².